The van der Waals surface area contributed by atoms with E-state index >= 15 is 0 Å². The van der Waals surface area contributed by atoms with Crippen LogP contribution in [0.3, 0.4) is 0 Å². The number of hydrogen-bond donors (Lipinski definition) is 2. The van der Waals surface area contributed by atoms with Gasteiger partial charge in [0.15, 0.2) is 11.2 Å². The van der Waals surface area contributed by atoms with Gasteiger partial charge in [-0.15, -0.1) is 5.10 Å². The molecule has 0 amide bonds. The first-order valence-corrected chi connectivity index (χ1v) is 7.09. The second-order valence-corrected chi connectivity index (χ2v) is 5.06. The fraction of sp³-hybridized carbons (Fsp3) is 0. The van der Waals surface area contributed by atoms with E-state index in [1.54, 1.807) is 36.4 Å². The minimum Gasteiger partial charge on any atom is -0.508 e. The van der Waals surface area contributed by atoms with Crippen LogP contribution in [0, 0.1) is 5.82 Å². The molecule has 0 radical (unpaired) electrons. The molecule has 4 rings (SSSR count). The number of fused-ring (bicyclic) bond motifs is 1. The minimum absolute atomic E-state index is 0.132. The summed E-state index contributed by atoms with van der Waals surface area (Å²) >= 11 is 0. The Hall–Kier alpha value is -3.55. The highest BCUT2D eigenvalue weighted by Crippen LogP contribution is 2.20. The maximum absolute atomic E-state index is 13.4. The third-order valence-electron chi connectivity index (χ3n) is 3.35. The normalized spacial score (nSPS) is 10.9. The van der Waals surface area contributed by atoms with Crippen LogP contribution in [0.25, 0.3) is 16.9 Å². The fourth-order valence-corrected chi connectivity index (χ4v) is 2.28. The Morgan fingerprint density at radius 1 is 1.08 bits per heavy atom. The quantitative estimate of drug-likeness (QED) is 0.603. The zero-order chi connectivity index (χ0) is 16.5. The molecule has 4 aromatic rings. The minimum atomic E-state index is -0.372. The van der Waals surface area contributed by atoms with Crippen LogP contribution in [0.15, 0.2) is 54.7 Å². The van der Waals surface area contributed by atoms with E-state index in [-0.39, 0.29) is 11.6 Å². The van der Waals surface area contributed by atoms with Crippen LogP contribution < -0.4 is 5.32 Å². The van der Waals surface area contributed by atoms with Gasteiger partial charge in [0.1, 0.15) is 11.6 Å². The summed E-state index contributed by atoms with van der Waals surface area (Å²) in [5.74, 6) is 0.0731. The van der Waals surface area contributed by atoms with Gasteiger partial charge in [-0.2, -0.15) is 9.67 Å². The van der Waals surface area contributed by atoms with Gasteiger partial charge < -0.3 is 10.4 Å². The molecule has 2 N–H and O–H groups in total. The molecule has 0 bridgehead atoms. The van der Waals surface area contributed by atoms with Crippen molar-refractivity contribution in [2.24, 2.45) is 0 Å². The highest BCUT2D eigenvalue weighted by atomic mass is 19.1. The van der Waals surface area contributed by atoms with E-state index in [2.05, 4.69) is 25.6 Å². The van der Waals surface area contributed by atoms with Gasteiger partial charge in [0.2, 0.25) is 5.95 Å². The molecule has 2 heterocycles. The van der Waals surface area contributed by atoms with Crippen LogP contribution >= 0.6 is 0 Å². The van der Waals surface area contributed by atoms with Crippen molar-refractivity contribution in [1.29, 1.82) is 0 Å². The SMILES string of the molecule is Oc1cccc(Nc2ncc3nnn(-c4cccc(F)c4)c3n2)c1. The number of phenolic OH excluding ortho intramolecular Hbond substituents is 1. The summed E-state index contributed by atoms with van der Waals surface area (Å²) in [6.07, 6.45) is 1.52. The largest absolute Gasteiger partial charge is 0.508 e. The Labute approximate surface area is 135 Å². The van der Waals surface area contributed by atoms with Gasteiger partial charge in [-0.3, -0.25) is 0 Å². The van der Waals surface area contributed by atoms with E-state index in [9.17, 15) is 9.50 Å². The second-order valence-electron chi connectivity index (χ2n) is 5.06. The lowest BCUT2D eigenvalue weighted by Gasteiger charge is -2.06. The van der Waals surface area contributed by atoms with Crippen LogP contribution in [0.1, 0.15) is 0 Å². The van der Waals surface area contributed by atoms with Gasteiger partial charge in [-0.25, -0.2) is 9.37 Å². The van der Waals surface area contributed by atoms with E-state index < -0.39 is 0 Å². The van der Waals surface area contributed by atoms with Crippen LogP contribution in [-0.4, -0.2) is 30.1 Å². The summed E-state index contributed by atoms with van der Waals surface area (Å²) in [4.78, 5) is 8.54. The van der Waals surface area contributed by atoms with E-state index in [1.807, 2.05) is 0 Å². The number of aromatic hydroxyl groups is 1. The molecule has 0 spiro atoms. The van der Waals surface area contributed by atoms with Gasteiger partial charge in [-0.1, -0.05) is 17.3 Å². The summed E-state index contributed by atoms with van der Waals surface area (Å²) in [7, 11) is 0. The predicted molar refractivity (Wildman–Crippen MR) is 85.8 cm³/mol. The van der Waals surface area contributed by atoms with Gasteiger partial charge in [-0.05, 0) is 30.3 Å². The number of hydrogen-bond acceptors (Lipinski definition) is 6. The maximum atomic E-state index is 13.4. The van der Waals surface area contributed by atoms with Gasteiger partial charge in [0.05, 0.1) is 11.9 Å². The van der Waals surface area contributed by atoms with Crippen molar-refractivity contribution in [1.82, 2.24) is 25.0 Å². The summed E-state index contributed by atoms with van der Waals surface area (Å²) in [6, 6.07) is 12.6. The molecule has 7 nitrogen and oxygen atoms in total. The van der Waals surface area contributed by atoms with E-state index in [4.69, 9.17) is 0 Å². The number of halogens is 1. The van der Waals surface area contributed by atoms with Gasteiger partial charge in [0.25, 0.3) is 0 Å². The van der Waals surface area contributed by atoms with Crippen LogP contribution in [0.2, 0.25) is 0 Å². The molecule has 8 heteroatoms. The van der Waals surface area contributed by atoms with Gasteiger partial charge >= 0.3 is 0 Å². The smallest absolute Gasteiger partial charge is 0.229 e. The zero-order valence-electron chi connectivity index (χ0n) is 12.3. The Bertz CT molecular complexity index is 1030. The molecule has 2 aromatic carbocycles. The number of anilines is 2. The topological polar surface area (TPSA) is 88.8 Å². The van der Waals surface area contributed by atoms with Crippen LogP contribution in [0.4, 0.5) is 16.0 Å². The molecule has 0 unspecified atom stereocenters. The Morgan fingerprint density at radius 3 is 2.79 bits per heavy atom. The van der Waals surface area contributed by atoms with Crippen molar-refractivity contribution < 1.29 is 9.50 Å². The van der Waals surface area contributed by atoms with Crippen molar-refractivity contribution >= 4 is 22.8 Å². The lowest BCUT2D eigenvalue weighted by molar-refractivity contribution is 0.475. The average molecular weight is 322 g/mol. The van der Waals surface area contributed by atoms with Crippen LogP contribution in [0.5, 0.6) is 5.75 Å². The molecular weight excluding hydrogens is 311 g/mol. The van der Waals surface area contributed by atoms with Crippen LogP contribution in [-0.2, 0) is 0 Å². The number of rotatable bonds is 3. The zero-order valence-corrected chi connectivity index (χ0v) is 12.3. The number of benzene rings is 2. The number of aromatic nitrogens is 5. The molecule has 0 saturated heterocycles. The molecule has 118 valence electrons. The van der Waals surface area contributed by atoms with Crippen molar-refractivity contribution in [3.05, 3.63) is 60.5 Å². The third kappa shape index (κ3) is 2.60. The lowest BCUT2D eigenvalue weighted by Crippen LogP contribution is -2.01. The van der Waals surface area contributed by atoms with Crippen molar-refractivity contribution in [3.63, 3.8) is 0 Å². The maximum Gasteiger partial charge on any atom is 0.229 e. The first-order valence-electron chi connectivity index (χ1n) is 7.09. The van der Waals surface area contributed by atoms with Crippen molar-refractivity contribution in [2.75, 3.05) is 5.32 Å². The molecule has 24 heavy (non-hydrogen) atoms. The third-order valence-corrected chi connectivity index (χ3v) is 3.35. The summed E-state index contributed by atoms with van der Waals surface area (Å²) in [5, 5.41) is 20.5. The van der Waals surface area contributed by atoms with Crippen molar-refractivity contribution in [2.45, 2.75) is 0 Å². The molecule has 0 aliphatic rings. The second kappa shape index (κ2) is 5.58. The molecule has 2 aromatic heterocycles. The standard InChI is InChI=1S/C16H11FN6O/c17-10-3-1-5-12(7-10)23-15-14(21-22-23)9-18-16(20-15)19-11-4-2-6-13(24)8-11/h1-9,24H,(H,18,19,20). The average Bonchev–Trinajstić information content (AvgIpc) is 2.98. The first kappa shape index (κ1) is 14.1. The summed E-state index contributed by atoms with van der Waals surface area (Å²) in [6.45, 7) is 0. The molecule has 0 aliphatic heterocycles. The van der Waals surface area contributed by atoms with E-state index in [0.29, 0.717) is 28.5 Å². The van der Waals surface area contributed by atoms with Crippen molar-refractivity contribution in [3.8, 4) is 11.4 Å². The Balaban J connectivity index is 1.76. The summed E-state index contributed by atoms with van der Waals surface area (Å²) < 4.78 is 14.9. The lowest BCUT2D eigenvalue weighted by atomic mass is 10.3. The monoisotopic (exact) mass is 322 g/mol. The number of phenols is 1. The highest BCUT2D eigenvalue weighted by molar-refractivity contribution is 5.72. The first-order chi connectivity index (χ1) is 11.7. The molecule has 0 aliphatic carbocycles. The van der Waals surface area contributed by atoms with Gasteiger partial charge in [0, 0.05) is 11.8 Å². The fourth-order valence-electron chi connectivity index (χ4n) is 2.28. The van der Waals surface area contributed by atoms with E-state index in [1.165, 1.54) is 23.0 Å². The predicted octanol–water partition coefficient (Wildman–Crippen LogP) is 2.80. The molecule has 0 saturated carbocycles. The molecular formula is C16H11FN6O. The summed E-state index contributed by atoms with van der Waals surface area (Å²) in [5.41, 5.74) is 2.08. The van der Waals surface area contributed by atoms with E-state index in [0.717, 1.165) is 0 Å². The number of nitrogens with zero attached hydrogens (tertiary/aromatic N) is 5. The highest BCUT2D eigenvalue weighted by Gasteiger charge is 2.11. The number of nitrogens with one attached hydrogen (secondary N) is 1. The molecule has 0 fully saturated rings. The Morgan fingerprint density at radius 2 is 1.96 bits per heavy atom. The molecule has 0 atom stereocenters. The Kier molecular flexibility index (Phi) is 3.27.